The van der Waals surface area contributed by atoms with E-state index >= 15 is 0 Å². The van der Waals surface area contributed by atoms with E-state index in [9.17, 15) is 0 Å². The third-order valence-corrected chi connectivity index (χ3v) is 3.59. The van der Waals surface area contributed by atoms with Crippen LogP contribution in [0.2, 0.25) is 0 Å². The average molecular weight is 254 g/mol. The third-order valence-electron chi connectivity index (χ3n) is 2.95. The Kier molecular flexibility index (Phi) is 4.58. The number of nitrogens with zero attached hydrogens (tertiary/aromatic N) is 4. The van der Waals surface area contributed by atoms with Crippen LogP contribution in [0.3, 0.4) is 0 Å². The molecule has 1 fully saturated rings. The highest BCUT2D eigenvalue weighted by molar-refractivity contribution is 7.98. The van der Waals surface area contributed by atoms with Crippen LogP contribution in [-0.2, 0) is 0 Å². The van der Waals surface area contributed by atoms with Crippen molar-refractivity contribution in [3.05, 3.63) is 12.4 Å². The van der Waals surface area contributed by atoms with E-state index in [-0.39, 0.29) is 6.61 Å². The fourth-order valence-corrected chi connectivity index (χ4v) is 2.33. The lowest BCUT2D eigenvalue weighted by molar-refractivity contribution is 0.188. The molecule has 0 bridgehead atoms. The van der Waals surface area contributed by atoms with Gasteiger partial charge in [0.05, 0.1) is 6.61 Å². The molecule has 5 nitrogen and oxygen atoms in total. The minimum absolute atomic E-state index is 0.240. The number of aliphatic hydroxyl groups is 1. The summed E-state index contributed by atoms with van der Waals surface area (Å²) in [5.74, 6) is 1.01. The number of rotatable bonds is 4. The minimum atomic E-state index is 0.240. The second-order valence-corrected chi connectivity index (χ2v) is 4.80. The molecule has 2 rings (SSSR count). The van der Waals surface area contributed by atoms with Gasteiger partial charge < -0.3 is 10.0 Å². The molecule has 0 saturated carbocycles. The molecule has 0 aromatic carbocycles. The Morgan fingerprint density at radius 3 is 2.71 bits per heavy atom. The van der Waals surface area contributed by atoms with Crippen LogP contribution in [0.25, 0.3) is 0 Å². The quantitative estimate of drug-likeness (QED) is 0.616. The Hall–Kier alpha value is -0.850. The fourth-order valence-electron chi connectivity index (χ4n) is 1.96. The van der Waals surface area contributed by atoms with Gasteiger partial charge in [-0.3, -0.25) is 4.90 Å². The van der Waals surface area contributed by atoms with Gasteiger partial charge in [-0.25, -0.2) is 9.97 Å². The number of aliphatic hydroxyl groups excluding tert-OH is 1. The summed E-state index contributed by atoms with van der Waals surface area (Å²) in [4.78, 5) is 13.0. The van der Waals surface area contributed by atoms with Crippen LogP contribution in [-0.4, -0.2) is 65.6 Å². The molecule has 0 spiro atoms. The lowest BCUT2D eigenvalue weighted by Crippen LogP contribution is -2.47. The smallest absolute Gasteiger partial charge is 0.133 e. The average Bonchev–Trinajstić information content (AvgIpc) is 2.40. The highest BCUT2D eigenvalue weighted by Gasteiger charge is 2.17. The zero-order valence-corrected chi connectivity index (χ0v) is 10.9. The molecule has 0 amide bonds. The molecule has 17 heavy (non-hydrogen) atoms. The van der Waals surface area contributed by atoms with Crippen LogP contribution in [0.5, 0.6) is 0 Å². The predicted molar refractivity (Wildman–Crippen MR) is 69.6 cm³/mol. The highest BCUT2D eigenvalue weighted by atomic mass is 32.2. The van der Waals surface area contributed by atoms with E-state index in [0.29, 0.717) is 0 Å². The van der Waals surface area contributed by atoms with Gasteiger partial charge in [0, 0.05) is 38.8 Å². The van der Waals surface area contributed by atoms with Crippen molar-refractivity contribution in [2.24, 2.45) is 0 Å². The lowest BCUT2D eigenvalue weighted by atomic mass is 10.3. The number of thioether (sulfide) groups is 1. The Morgan fingerprint density at radius 1 is 1.29 bits per heavy atom. The van der Waals surface area contributed by atoms with E-state index in [1.165, 1.54) is 0 Å². The predicted octanol–water partition coefficient (Wildman–Crippen LogP) is 0.313. The van der Waals surface area contributed by atoms with Crippen LogP contribution in [0, 0.1) is 0 Å². The van der Waals surface area contributed by atoms with Crippen molar-refractivity contribution in [1.82, 2.24) is 14.9 Å². The molecule has 1 aromatic heterocycles. The number of piperazine rings is 1. The first-order valence-electron chi connectivity index (χ1n) is 5.77. The van der Waals surface area contributed by atoms with Crippen LogP contribution < -0.4 is 4.90 Å². The first-order chi connectivity index (χ1) is 8.33. The molecule has 0 unspecified atom stereocenters. The molecule has 1 N–H and O–H groups in total. The molecule has 94 valence electrons. The maximum Gasteiger partial charge on any atom is 0.133 e. The van der Waals surface area contributed by atoms with Crippen molar-refractivity contribution < 1.29 is 5.11 Å². The summed E-state index contributed by atoms with van der Waals surface area (Å²) in [6.07, 6.45) is 3.65. The number of hydrogen-bond acceptors (Lipinski definition) is 6. The third kappa shape index (κ3) is 3.31. The van der Waals surface area contributed by atoms with E-state index in [2.05, 4.69) is 19.8 Å². The molecule has 0 radical (unpaired) electrons. The molecular formula is C11H18N4OS. The first-order valence-corrected chi connectivity index (χ1v) is 7.00. The van der Waals surface area contributed by atoms with E-state index in [1.54, 1.807) is 18.1 Å². The molecule has 1 saturated heterocycles. The molecular weight excluding hydrogens is 236 g/mol. The maximum atomic E-state index is 8.89. The van der Waals surface area contributed by atoms with Gasteiger partial charge in [-0.2, -0.15) is 0 Å². The number of β-amino-alcohol motifs (C(OH)–C–C–N with tert-alkyl or cyclic N) is 1. The van der Waals surface area contributed by atoms with Crippen molar-refractivity contribution in [3.63, 3.8) is 0 Å². The second kappa shape index (κ2) is 6.18. The topological polar surface area (TPSA) is 52.5 Å². The van der Waals surface area contributed by atoms with Crippen LogP contribution in [0.1, 0.15) is 0 Å². The molecule has 1 aromatic rings. The van der Waals surface area contributed by atoms with Crippen molar-refractivity contribution in [2.75, 3.05) is 50.5 Å². The normalized spacial score (nSPS) is 17.4. The van der Waals surface area contributed by atoms with Crippen molar-refractivity contribution in [2.45, 2.75) is 5.03 Å². The van der Waals surface area contributed by atoms with Gasteiger partial charge in [0.2, 0.25) is 0 Å². The van der Waals surface area contributed by atoms with E-state index in [1.807, 2.05) is 12.3 Å². The summed E-state index contributed by atoms with van der Waals surface area (Å²) >= 11 is 1.63. The summed E-state index contributed by atoms with van der Waals surface area (Å²) in [7, 11) is 0. The number of aromatic nitrogens is 2. The Bertz CT molecular complexity index is 355. The lowest BCUT2D eigenvalue weighted by Gasteiger charge is -2.35. The minimum Gasteiger partial charge on any atom is -0.395 e. The maximum absolute atomic E-state index is 8.89. The molecule has 0 aliphatic carbocycles. The van der Waals surface area contributed by atoms with Crippen LogP contribution in [0.4, 0.5) is 5.82 Å². The van der Waals surface area contributed by atoms with Crippen molar-refractivity contribution in [3.8, 4) is 0 Å². The van der Waals surface area contributed by atoms with Crippen LogP contribution >= 0.6 is 11.8 Å². The van der Waals surface area contributed by atoms with Gasteiger partial charge >= 0.3 is 0 Å². The summed E-state index contributed by atoms with van der Waals surface area (Å²) in [5.41, 5.74) is 0. The van der Waals surface area contributed by atoms with Gasteiger partial charge in [0.15, 0.2) is 0 Å². The molecule has 6 heteroatoms. The molecule has 2 heterocycles. The molecule has 1 aliphatic heterocycles. The zero-order chi connectivity index (χ0) is 12.1. The highest BCUT2D eigenvalue weighted by Crippen LogP contribution is 2.18. The first kappa shape index (κ1) is 12.6. The summed E-state index contributed by atoms with van der Waals surface area (Å²) < 4.78 is 0. The Labute approximate surface area is 106 Å². The fraction of sp³-hybridized carbons (Fsp3) is 0.636. The number of hydrogen-bond donors (Lipinski definition) is 1. The van der Waals surface area contributed by atoms with Gasteiger partial charge in [0.1, 0.15) is 17.2 Å². The Morgan fingerprint density at radius 2 is 2.06 bits per heavy atom. The summed E-state index contributed by atoms with van der Waals surface area (Å²) in [5, 5.41) is 9.90. The summed E-state index contributed by atoms with van der Waals surface area (Å²) in [6, 6.07) is 2.03. The van der Waals surface area contributed by atoms with Gasteiger partial charge in [-0.05, 0) is 6.26 Å². The second-order valence-electron chi connectivity index (χ2n) is 3.97. The largest absolute Gasteiger partial charge is 0.395 e. The standard InChI is InChI=1S/C11H18N4OS/c1-17-11-8-10(12-9-13-11)15-4-2-14(3-5-15)6-7-16/h8-9,16H,2-7H2,1H3. The van der Waals surface area contributed by atoms with E-state index < -0.39 is 0 Å². The van der Waals surface area contributed by atoms with Crippen molar-refractivity contribution >= 4 is 17.6 Å². The van der Waals surface area contributed by atoms with Gasteiger partial charge in [-0.15, -0.1) is 11.8 Å². The van der Waals surface area contributed by atoms with Gasteiger partial charge in [-0.1, -0.05) is 0 Å². The Balaban J connectivity index is 1.95. The van der Waals surface area contributed by atoms with E-state index in [0.717, 1.165) is 43.6 Å². The number of anilines is 1. The molecule has 1 aliphatic rings. The molecule has 0 atom stereocenters. The SMILES string of the molecule is CSc1cc(N2CCN(CCO)CC2)ncn1. The van der Waals surface area contributed by atoms with E-state index in [4.69, 9.17) is 5.11 Å². The van der Waals surface area contributed by atoms with Gasteiger partial charge in [0.25, 0.3) is 0 Å². The zero-order valence-electron chi connectivity index (χ0n) is 10.0. The monoisotopic (exact) mass is 254 g/mol. The van der Waals surface area contributed by atoms with Crippen LogP contribution in [0.15, 0.2) is 17.4 Å². The summed E-state index contributed by atoms with van der Waals surface area (Å²) in [6.45, 7) is 4.91. The van der Waals surface area contributed by atoms with Crippen molar-refractivity contribution in [1.29, 1.82) is 0 Å².